The van der Waals surface area contributed by atoms with Gasteiger partial charge in [-0.2, -0.15) is 0 Å². The number of hydrogen-bond donors (Lipinski definition) is 0. The summed E-state index contributed by atoms with van der Waals surface area (Å²) in [7, 11) is 0. The maximum absolute atomic E-state index is 3.49. The molecule has 0 rings (SSSR count). The van der Waals surface area contributed by atoms with Gasteiger partial charge in [-0.25, -0.2) is 0 Å². The summed E-state index contributed by atoms with van der Waals surface area (Å²) < 4.78 is 0. The van der Waals surface area contributed by atoms with Gasteiger partial charge in [0.1, 0.15) is 0 Å². The highest BCUT2D eigenvalue weighted by molar-refractivity contribution is 5.02. The van der Waals surface area contributed by atoms with Gasteiger partial charge in [0.25, 0.3) is 0 Å². The predicted molar refractivity (Wildman–Crippen MR) is 29.3 cm³/mol. The fourth-order valence-corrected chi connectivity index (χ4v) is 0.190. The third-order valence-electron chi connectivity index (χ3n) is 0.440. The molecule has 0 aliphatic carbocycles. The van der Waals surface area contributed by atoms with E-state index in [0.29, 0.717) is 0 Å². The smallest absolute Gasteiger partial charge is 0.0198 e. The highest BCUT2D eigenvalue weighted by Crippen LogP contribution is 1.75. The zero-order valence-corrected chi connectivity index (χ0v) is 4.02. The third kappa shape index (κ3) is 3.48. The van der Waals surface area contributed by atoms with Crippen molar-refractivity contribution in [1.82, 2.24) is 0 Å². The minimum absolute atomic E-state index is 1.75. The summed E-state index contributed by atoms with van der Waals surface area (Å²) in [5.41, 5.74) is 0. The first kappa shape index (κ1) is 5.48. The van der Waals surface area contributed by atoms with Crippen LogP contribution >= 0.6 is 0 Å². The Labute approximate surface area is 39.2 Å². The van der Waals surface area contributed by atoms with Crippen LogP contribution in [0.4, 0.5) is 0 Å². The third-order valence-corrected chi connectivity index (χ3v) is 0.440. The van der Waals surface area contributed by atoms with Crippen molar-refractivity contribution in [1.29, 1.82) is 0 Å². The quantitative estimate of drug-likeness (QED) is 0.446. The Kier molecular flexibility index (Phi) is 4.09. The van der Waals surface area contributed by atoms with Crippen molar-refractivity contribution in [3.63, 3.8) is 0 Å². The van der Waals surface area contributed by atoms with Crippen molar-refractivity contribution in [2.24, 2.45) is 0 Å². The van der Waals surface area contributed by atoms with Crippen LogP contribution in [0.1, 0.15) is 6.92 Å². The Balaban J connectivity index is 2.94. The molecule has 0 amide bonds. The van der Waals surface area contributed by atoms with Crippen molar-refractivity contribution >= 4 is 0 Å². The van der Waals surface area contributed by atoms with Crippen LogP contribution in [0.2, 0.25) is 0 Å². The first-order valence-electron chi connectivity index (χ1n) is 1.99. The molecule has 0 aromatic heterocycles. The topological polar surface area (TPSA) is 0 Å². The lowest BCUT2D eigenvalue weighted by Crippen LogP contribution is -1.48. The molecule has 0 nitrogen and oxygen atoms in total. The van der Waals surface area contributed by atoms with Crippen LogP contribution in [0, 0.1) is 6.42 Å². The van der Waals surface area contributed by atoms with Crippen LogP contribution in [0.3, 0.4) is 0 Å². The van der Waals surface area contributed by atoms with E-state index in [2.05, 4.69) is 6.58 Å². The molecule has 0 saturated carbocycles. The van der Waals surface area contributed by atoms with E-state index in [4.69, 9.17) is 0 Å². The molecule has 0 unspecified atom stereocenters. The van der Waals surface area contributed by atoms with Gasteiger partial charge in [0.2, 0.25) is 0 Å². The van der Waals surface area contributed by atoms with Gasteiger partial charge < -0.3 is 0 Å². The Morgan fingerprint density at radius 2 is 2.00 bits per heavy atom. The second kappa shape index (κ2) is 4.48. The van der Waals surface area contributed by atoms with E-state index in [1.54, 1.807) is 6.08 Å². The van der Waals surface area contributed by atoms with Crippen LogP contribution in [0.15, 0.2) is 24.8 Å². The number of allylic oxidation sites excluding steroid dienone is 3. The first-order chi connectivity index (χ1) is 2.91. The lowest BCUT2D eigenvalue weighted by Gasteiger charge is -1.67. The summed E-state index contributed by atoms with van der Waals surface area (Å²) in [6, 6.07) is 0. The molecule has 0 fully saturated rings. The molecule has 33 valence electrons. The van der Waals surface area contributed by atoms with Crippen LogP contribution in [-0.2, 0) is 0 Å². The Hall–Kier alpha value is -0.520. The summed E-state index contributed by atoms with van der Waals surface area (Å²) in [5.74, 6) is 0. The molecular formula is C6H9. The highest BCUT2D eigenvalue weighted by atomic mass is 13.6. The molecule has 0 spiro atoms. The molecule has 0 heteroatoms. The first-order valence-corrected chi connectivity index (χ1v) is 1.99. The predicted octanol–water partition coefficient (Wildman–Crippen LogP) is 1.95. The fraction of sp³-hybridized carbons (Fsp3) is 0.167. The average Bonchev–Trinajstić information content (AvgIpc) is 1.61. The SMILES string of the molecule is C=C/C=C/[CH]C. The maximum Gasteiger partial charge on any atom is -0.0198 e. The molecule has 0 aliphatic heterocycles. The maximum atomic E-state index is 3.49. The van der Waals surface area contributed by atoms with E-state index in [9.17, 15) is 0 Å². The van der Waals surface area contributed by atoms with Gasteiger partial charge in [-0.1, -0.05) is 31.7 Å². The minimum Gasteiger partial charge on any atom is -0.0991 e. The monoisotopic (exact) mass is 81.1 g/mol. The molecule has 0 atom stereocenters. The molecule has 0 aromatic carbocycles. The van der Waals surface area contributed by atoms with E-state index in [1.807, 2.05) is 25.5 Å². The molecule has 0 saturated heterocycles. The van der Waals surface area contributed by atoms with Crippen molar-refractivity contribution in [2.45, 2.75) is 6.92 Å². The van der Waals surface area contributed by atoms with Crippen LogP contribution < -0.4 is 0 Å². The molecule has 0 heterocycles. The second-order valence-corrected chi connectivity index (χ2v) is 0.954. The van der Waals surface area contributed by atoms with Gasteiger partial charge in [-0.3, -0.25) is 0 Å². The lowest BCUT2D eigenvalue weighted by atomic mass is 10.4. The Morgan fingerprint density at radius 3 is 2.17 bits per heavy atom. The zero-order valence-electron chi connectivity index (χ0n) is 4.02. The Bertz CT molecular complexity index is 51.1. The summed E-state index contributed by atoms with van der Waals surface area (Å²) in [6.07, 6.45) is 7.54. The van der Waals surface area contributed by atoms with Crippen LogP contribution in [-0.4, -0.2) is 0 Å². The molecule has 6 heavy (non-hydrogen) atoms. The lowest BCUT2D eigenvalue weighted by molar-refractivity contribution is 1.56. The average molecular weight is 81.1 g/mol. The van der Waals surface area contributed by atoms with Crippen molar-refractivity contribution < 1.29 is 0 Å². The van der Waals surface area contributed by atoms with Gasteiger partial charge in [0.05, 0.1) is 0 Å². The summed E-state index contributed by atoms with van der Waals surface area (Å²) in [5, 5.41) is 0. The fourth-order valence-electron chi connectivity index (χ4n) is 0.190. The molecule has 0 bridgehead atoms. The second-order valence-electron chi connectivity index (χ2n) is 0.954. The van der Waals surface area contributed by atoms with E-state index in [0.717, 1.165) is 0 Å². The van der Waals surface area contributed by atoms with Gasteiger partial charge in [0, 0.05) is 0 Å². The molecule has 0 aliphatic rings. The van der Waals surface area contributed by atoms with Gasteiger partial charge in [-0.15, -0.1) is 0 Å². The van der Waals surface area contributed by atoms with Crippen LogP contribution in [0.25, 0.3) is 0 Å². The normalized spacial score (nSPS) is 9.50. The molecule has 0 aromatic rings. The van der Waals surface area contributed by atoms with Gasteiger partial charge in [-0.05, 0) is 6.42 Å². The molecule has 1 radical (unpaired) electrons. The van der Waals surface area contributed by atoms with Gasteiger partial charge >= 0.3 is 0 Å². The van der Waals surface area contributed by atoms with Crippen molar-refractivity contribution in [3.05, 3.63) is 31.2 Å². The van der Waals surface area contributed by atoms with E-state index >= 15 is 0 Å². The Morgan fingerprint density at radius 1 is 1.33 bits per heavy atom. The van der Waals surface area contributed by atoms with Crippen LogP contribution in [0.5, 0.6) is 0 Å². The summed E-state index contributed by atoms with van der Waals surface area (Å²) in [4.78, 5) is 0. The highest BCUT2D eigenvalue weighted by Gasteiger charge is 1.55. The van der Waals surface area contributed by atoms with Gasteiger partial charge in [0.15, 0.2) is 0 Å². The minimum atomic E-state index is 1.75. The molecule has 0 N–H and O–H groups in total. The number of rotatable bonds is 2. The van der Waals surface area contributed by atoms with E-state index < -0.39 is 0 Å². The summed E-state index contributed by atoms with van der Waals surface area (Å²) >= 11 is 0. The standard InChI is InChI=1S/C6H9/c1-3-5-6-4-2/h3-6H,1H2,2H3/b6-5+. The van der Waals surface area contributed by atoms with Crippen molar-refractivity contribution in [2.75, 3.05) is 0 Å². The largest absolute Gasteiger partial charge is 0.0991 e. The summed E-state index contributed by atoms with van der Waals surface area (Å²) in [6.45, 7) is 5.46. The van der Waals surface area contributed by atoms with E-state index in [-0.39, 0.29) is 0 Å². The zero-order chi connectivity index (χ0) is 4.83. The van der Waals surface area contributed by atoms with E-state index in [1.165, 1.54) is 0 Å². The van der Waals surface area contributed by atoms with Crippen molar-refractivity contribution in [3.8, 4) is 0 Å². The molecular weight excluding hydrogens is 72.1 g/mol. The number of hydrogen-bond acceptors (Lipinski definition) is 0.